The lowest BCUT2D eigenvalue weighted by atomic mass is 9.78. The van der Waals surface area contributed by atoms with Crippen LogP contribution in [0.3, 0.4) is 0 Å². The Morgan fingerprint density at radius 3 is 2.56 bits per heavy atom. The van der Waals surface area contributed by atoms with Crippen molar-refractivity contribution in [2.75, 3.05) is 6.54 Å². The van der Waals surface area contributed by atoms with E-state index in [4.69, 9.17) is 0 Å². The monoisotopic (exact) mass is 249 g/mol. The molecule has 2 rings (SSSR count). The van der Waals surface area contributed by atoms with Gasteiger partial charge in [-0.1, -0.05) is 6.92 Å². The molecule has 2 aliphatic rings. The third-order valence-corrected chi connectivity index (χ3v) is 4.35. The van der Waals surface area contributed by atoms with Gasteiger partial charge in [-0.3, -0.25) is 10.2 Å². The lowest BCUT2D eigenvalue weighted by Gasteiger charge is -2.42. The molecule has 0 aliphatic heterocycles. The Hall–Kier alpha value is -0.590. The molecule has 2 unspecified atom stereocenters. The molecular weight excluding hydrogens is 222 g/mol. The van der Waals surface area contributed by atoms with Gasteiger partial charge in [-0.2, -0.15) is 5.26 Å². The fourth-order valence-electron chi connectivity index (χ4n) is 3.57. The molecule has 0 saturated heterocycles. The van der Waals surface area contributed by atoms with Crippen LogP contribution in [0.25, 0.3) is 0 Å². The van der Waals surface area contributed by atoms with Gasteiger partial charge in [-0.25, -0.2) is 0 Å². The molecular formula is C15H27N3. The number of rotatable bonds is 5. The minimum Gasteiger partial charge on any atom is -0.298 e. The summed E-state index contributed by atoms with van der Waals surface area (Å²) in [5.74, 6) is 0. The SMILES string of the molecule is CCN(C1CC1)C1CCCC(C#N)(NC(C)C)C1. The molecule has 0 bridgehead atoms. The molecule has 0 radical (unpaired) electrons. The molecule has 2 fully saturated rings. The Balaban J connectivity index is 2.04. The van der Waals surface area contributed by atoms with E-state index in [1.807, 2.05) is 0 Å². The predicted octanol–water partition coefficient (Wildman–Crippen LogP) is 2.67. The summed E-state index contributed by atoms with van der Waals surface area (Å²) in [6.07, 6.45) is 7.20. The van der Waals surface area contributed by atoms with Gasteiger partial charge >= 0.3 is 0 Å². The van der Waals surface area contributed by atoms with E-state index in [2.05, 4.69) is 37.1 Å². The Kier molecular flexibility index (Phi) is 4.29. The van der Waals surface area contributed by atoms with Crippen LogP contribution in [0.5, 0.6) is 0 Å². The first-order valence-corrected chi connectivity index (χ1v) is 7.55. The fraction of sp³-hybridized carbons (Fsp3) is 0.933. The van der Waals surface area contributed by atoms with Gasteiger partial charge < -0.3 is 0 Å². The lowest BCUT2D eigenvalue weighted by molar-refractivity contribution is 0.114. The van der Waals surface area contributed by atoms with Gasteiger partial charge in [0.05, 0.1) is 6.07 Å². The average Bonchev–Trinajstić information content (AvgIpc) is 3.14. The maximum atomic E-state index is 9.59. The van der Waals surface area contributed by atoms with Crippen molar-refractivity contribution in [3.63, 3.8) is 0 Å². The summed E-state index contributed by atoms with van der Waals surface area (Å²) < 4.78 is 0. The van der Waals surface area contributed by atoms with E-state index < -0.39 is 0 Å². The van der Waals surface area contributed by atoms with Gasteiger partial charge in [0.1, 0.15) is 5.54 Å². The Morgan fingerprint density at radius 1 is 1.33 bits per heavy atom. The molecule has 3 nitrogen and oxygen atoms in total. The second-order valence-corrected chi connectivity index (χ2v) is 6.30. The van der Waals surface area contributed by atoms with Crippen molar-refractivity contribution in [3.8, 4) is 6.07 Å². The summed E-state index contributed by atoms with van der Waals surface area (Å²) in [5.41, 5.74) is -0.278. The van der Waals surface area contributed by atoms with Crippen LogP contribution in [-0.4, -0.2) is 35.1 Å². The van der Waals surface area contributed by atoms with Crippen LogP contribution in [0.1, 0.15) is 59.3 Å². The smallest absolute Gasteiger partial charge is 0.108 e. The molecule has 0 heterocycles. The summed E-state index contributed by atoms with van der Waals surface area (Å²) in [7, 11) is 0. The highest BCUT2D eigenvalue weighted by atomic mass is 15.2. The molecule has 2 aliphatic carbocycles. The van der Waals surface area contributed by atoms with Gasteiger partial charge in [0.25, 0.3) is 0 Å². The second-order valence-electron chi connectivity index (χ2n) is 6.30. The van der Waals surface area contributed by atoms with E-state index in [0.717, 1.165) is 25.4 Å². The normalized spacial score (nSPS) is 32.8. The summed E-state index contributed by atoms with van der Waals surface area (Å²) >= 11 is 0. The van der Waals surface area contributed by atoms with E-state index in [1.54, 1.807) is 0 Å². The van der Waals surface area contributed by atoms with Crippen molar-refractivity contribution in [3.05, 3.63) is 0 Å². The second kappa shape index (κ2) is 5.59. The van der Waals surface area contributed by atoms with Crippen LogP contribution in [0.15, 0.2) is 0 Å². The molecule has 3 heteroatoms. The molecule has 102 valence electrons. The first kappa shape index (κ1) is 13.8. The Morgan fingerprint density at radius 2 is 2.06 bits per heavy atom. The highest BCUT2D eigenvalue weighted by Gasteiger charge is 2.41. The predicted molar refractivity (Wildman–Crippen MR) is 74.3 cm³/mol. The highest BCUT2D eigenvalue weighted by molar-refractivity contribution is 5.12. The molecule has 2 atom stereocenters. The Bertz CT molecular complexity index is 316. The maximum absolute atomic E-state index is 9.59. The zero-order valence-corrected chi connectivity index (χ0v) is 12.1. The molecule has 1 N–H and O–H groups in total. The van der Waals surface area contributed by atoms with Crippen molar-refractivity contribution in [2.24, 2.45) is 0 Å². The van der Waals surface area contributed by atoms with Crippen LogP contribution in [0.4, 0.5) is 0 Å². The van der Waals surface area contributed by atoms with Crippen molar-refractivity contribution >= 4 is 0 Å². The number of hydrogen-bond acceptors (Lipinski definition) is 3. The van der Waals surface area contributed by atoms with E-state index in [1.165, 1.54) is 25.7 Å². The standard InChI is InChI=1S/C15H27N3/c1-4-18(13-7-8-13)14-6-5-9-15(10-14,11-16)17-12(2)3/h12-14,17H,4-10H2,1-3H3. The quantitative estimate of drug-likeness (QED) is 0.814. The van der Waals surface area contributed by atoms with Crippen LogP contribution in [-0.2, 0) is 0 Å². The van der Waals surface area contributed by atoms with Crippen LogP contribution < -0.4 is 5.32 Å². The van der Waals surface area contributed by atoms with Crippen LogP contribution >= 0.6 is 0 Å². The molecule has 0 amide bonds. The summed E-state index contributed by atoms with van der Waals surface area (Å²) in [4.78, 5) is 2.65. The molecule has 0 aromatic heterocycles. The van der Waals surface area contributed by atoms with E-state index >= 15 is 0 Å². The minimum atomic E-state index is -0.278. The van der Waals surface area contributed by atoms with Gasteiger partial charge in [0.2, 0.25) is 0 Å². The lowest BCUT2D eigenvalue weighted by Crippen LogP contribution is -2.55. The molecule has 0 aromatic rings. The molecule has 0 spiro atoms. The number of hydrogen-bond donors (Lipinski definition) is 1. The van der Waals surface area contributed by atoms with Gasteiger partial charge in [0, 0.05) is 18.1 Å². The van der Waals surface area contributed by atoms with Gasteiger partial charge in [0.15, 0.2) is 0 Å². The molecule has 18 heavy (non-hydrogen) atoms. The third-order valence-electron chi connectivity index (χ3n) is 4.35. The van der Waals surface area contributed by atoms with E-state index in [-0.39, 0.29) is 5.54 Å². The van der Waals surface area contributed by atoms with Crippen LogP contribution in [0, 0.1) is 11.3 Å². The van der Waals surface area contributed by atoms with E-state index in [0.29, 0.717) is 12.1 Å². The van der Waals surface area contributed by atoms with Crippen molar-refractivity contribution in [1.82, 2.24) is 10.2 Å². The minimum absolute atomic E-state index is 0.278. The van der Waals surface area contributed by atoms with E-state index in [9.17, 15) is 5.26 Å². The number of nitrogens with zero attached hydrogens (tertiary/aromatic N) is 2. The summed E-state index contributed by atoms with van der Waals surface area (Å²) in [6.45, 7) is 7.68. The molecule has 0 aromatic carbocycles. The van der Waals surface area contributed by atoms with Crippen LogP contribution in [0.2, 0.25) is 0 Å². The van der Waals surface area contributed by atoms with Crippen molar-refractivity contribution in [2.45, 2.75) is 83.0 Å². The number of nitriles is 1. The van der Waals surface area contributed by atoms with Gasteiger partial charge in [-0.05, 0) is 58.9 Å². The summed E-state index contributed by atoms with van der Waals surface area (Å²) in [6, 6.07) is 4.39. The molecule has 2 saturated carbocycles. The maximum Gasteiger partial charge on any atom is 0.108 e. The largest absolute Gasteiger partial charge is 0.298 e. The topological polar surface area (TPSA) is 39.1 Å². The van der Waals surface area contributed by atoms with Crippen molar-refractivity contribution < 1.29 is 0 Å². The highest BCUT2D eigenvalue weighted by Crippen LogP contribution is 2.36. The van der Waals surface area contributed by atoms with Gasteiger partial charge in [-0.15, -0.1) is 0 Å². The first-order valence-electron chi connectivity index (χ1n) is 7.55. The third kappa shape index (κ3) is 3.05. The van der Waals surface area contributed by atoms with Crippen molar-refractivity contribution in [1.29, 1.82) is 5.26 Å². The zero-order chi connectivity index (χ0) is 13.2. The zero-order valence-electron chi connectivity index (χ0n) is 12.1. The first-order chi connectivity index (χ1) is 8.60. The number of nitrogens with one attached hydrogen (secondary N) is 1. The fourth-order valence-corrected chi connectivity index (χ4v) is 3.57. The average molecular weight is 249 g/mol. The Labute approximate surface area is 112 Å². The summed E-state index contributed by atoms with van der Waals surface area (Å²) in [5, 5.41) is 13.1.